The van der Waals surface area contributed by atoms with Gasteiger partial charge < -0.3 is 5.11 Å². The fraction of sp³-hybridized carbons (Fsp3) is 0.333. The average Bonchev–Trinajstić information content (AvgIpc) is 2.00. The largest absolute Gasteiger partial charge is 0.507 e. The third-order valence-electron chi connectivity index (χ3n) is 1.37. The molecule has 0 aliphatic carbocycles. The highest BCUT2D eigenvalue weighted by molar-refractivity contribution is 9.12. The van der Waals surface area contributed by atoms with Gasteiger partial charge in [-0.2, -0.15) is 0 Å². The third kappa shape index (κ3) is 2.93. The quantitative estimate of drug-likeness (QED) is 0.552. The molecule has 62 valence electrons. The highest BCUT2D eigenvalue weighted by Crippen LogP contribution is 2.21. The second-order valence-electron chi connectivity index (χ2n) is 2.39. The molecule has 0 bridgehead atoms. The zero-order valence-electron chi connectivity index (χ0n) is 7.11. The lowest BCUT2D eigenvalue weighted by Gasteiger charge is -2.03. The van der Waals surface area contributed by atoms with Crippen molar-refractivity contribution in [3.63, 3.8) is 0 Å². The number of rotatable bonds is 2. The van der Waals surface area contributed by atoms with Crippen molar-refractivity contribution in [1.29, 1.82) is 0 Å². The molecule has 0 atom stereocenters. The van der Waals surface area contributed by atoms with E-state index in [2.05, 4.69) is 22.5 Å². The molecule has 0 rings (SSSR count). The molecule has 1 N–H and O–H groups in total. The minimum Gasteiger partial charge on any atom is -0.507 e. The molecule has 0 aromatic carbocycles. The first-order valence-electron chi connectivity index (χ1n) is 3.38. The molecule has 0 spiro atoms. The molecule has 0 saturated heterocycles. The zero-order valence-corrected chi connectivity index (χ0v) is 8.70. The number of hydrogen-bond donors (Lipinski definition) is 1. The van der Waals surface area contributed by atoms with Gasteiger partial charge in [0.2, 0.25) is 0 Å². The van der Waals surface area contributed by atoms with Gasteiger partial charge in [0.1, 0.15) is 5.76 Å². The summed E-state index contributed by atoms with van der Waals surface area (Å²) in [5, 5.41) is 9.41. The molecule has 0 aliphatic heterocycles. The Hall–Kier alpha value is -0.500. The lowest BCUT2D eigenvalue weighted by molar-refractivity contribution is 0.419. The molecule has 0 amide bonds. The highest BCUT2D eigenvalue weighted by atomic mass is 79.9. The number of allylic oxidation sites excluding steroid dienone is 4. The summed E-state index contributed by atoms with van der Waals surface area (Å²) < 4.78 is 0.901. The molecule has 0 saturated carbocycles. The van der Waals surface area contributed by atoms with Crippen LogP contribution < -0.4 is 0 Å². The van der Waals surface area contributed by atoms with Crippen molar-refractivity contribution in [2.75, 3.05) is 0 Å². The van der Waals surface area contributed by atoms with Crippen LogP contribution in [0.2, 0.25) is 0 Å². The maximum absolute atomic E-state index is 9.41. The van der Waals surface area contributed by atoms with E-state index >= 15 is 0 Å². The second-order valence-corrected chi connectivity index (χ2v) is 3.24. The van der Waals surface area contributed by atoms with E-state index < -0.39 is 0 Å². The van der Waals surface area contributed by atoms with Crippen molar-refractivity contribution in [2.24, 2.45) is 0 Å². The Balaban J connectivity index is 4.81. The van der Waals surface area contributed by atoms with Gasteiger partial charge in [0.05, 0.1) is 0 Å². The molecule has 0 fully saturated rings. The normalized spacial score (nSPS) is 14.4. The average molecular weight is 217 g/mol. The van der Waals surface area contributed by atoms with Crippen LogP contribution in [-0.2, 0) is 0 Å². The van der Waals surface area contributed by atoms with Gasteiger partial charge in [-0.1, -0.05) is 28.6 Å². The van der Waals surface area contributed by atoms with Gasteiger partial charge in [-0.3, -0.25) is 0 Å². The number of halogens is 1. The Kier molecular flexibility index (Phi) is 4.19. The van der Waals surface area contributed by atoms with Gasteiger partial charge in [-0.25, -0.2) is 0 Å². The molecule has 2 heteroatoms. The third-order valence-corrected chi connectivity index (χ3v) is 2.42. The van der Waals surface area contributed by atoms with Crippen LogP contribution in [0.1, 0.15) is 20.8 Å². The van der Waals surface area contributed by atoms with Crippen LogP contribution in [0, 0.1) is 0 Å². The fourth-order valence-electron chi connectivity index (χ4n) is 0.650. The monoisotopic (exact) mass is 216 g/mol. The van der Waals surface area contributed by atoms with E-state index in [0.29, 0.717) is 5.57 Å². The van der Waals surface area contributed by atoms with E-state index in [1.54, 1.807) is 6.92 Å². The van der Waals surface area contributed by atoms with Gasteiger partial charge in [0.25, 0.3) is 0 Å². The van der Waals surface area contributed by atoms with Crippen LogP contribution in [0.4, 0.5) is 0 Å². The summed E-state index contributed by atoms with van der Waals surface area (Å²) in [7, 11) is 0. The summed E-state index contributed by atoms with van der Waals surface area (Å²) in [6.07, 6.45) is 1.88. The van der Waals surface area contributed by atoms with Gasteiger partial charge >= 0.3 is 0 Å². The van der Waals surface area contributed by atoms with E-state index in [0.717, 1.165) is 10.1 Å². The summed E-state index contributed by atoms with van der Waals surface area (Å²) >= 11 is 3.31. The molecule has 0 aliphatic rings. The van der Waals surface area contributed by atoms with Crippen LogP contribution in [0.3, 0.4) is 0 Å². The van der Waals surface area contributed by atoms with Crippen molar-refractivity contribution < 1.29 is 5.11 Å². The van der Waals surface area contributed by atoms with Gasteiger partial charge in [-0.05, 0) is 26.3 Å². The summed E-state index contributed by atoms with van der Waals surface area (Å²) in [5.41, 5.74) is 1.50. The molecule has 11 heavy (non-hydrogen) atoms. The van der Waals surface area contributed by atoms with Gasteiger partial charge in [-0.15, -0.1) is 0 Å². The Bertz CT molecular complexity index is 224. The van der Waals surface area contributed by atoms with E-state index in [-0.39, 0.29) is 5.76 Å². The zero-order chi connectivity index (χ0) is 9.02. The lowest BCUT2D eigenvalue weighted by Crippen LogP contribution is -1.88. The van der Waals surface area contributed by atoms with E-state index in [1.165, 1.54) is 0 Å². The fourth-order valence-corrected chi connectivity index (χ4v) is 0.837. The Morgan fingerprint density at radius 2 is 1.91 bits per heavy atom. The van der Waals surface area contributed by atoms with Gasteiger partial charge in [0, 0.05) is 10.1 Å². The molecular weight excluding hydrogens is 204 g/mol. The highest BCUT2D eigenvalue weighted by Gasteiger charge is 2.02. The molecular formula is C9H13BrO. The predicted octanol–water partition coefficient (Wildman–Crippen LogP) is 3.69. The number of hydrogen-bond acceptors (Lipinski definition) is 1. The first-order valence-corrected chi connectivity index (χ1v) is 4.18. The minimum atomic E-state index is 0.259. The maximum Gasteiger partial charge on any atom is 0.121 e. The smallest absolute Gasteiger partial charge is 0.121 e. The van der Waals surface area contributed by atoms with Crippen LogP contribution in [0.25, 0.3) is 0 Å². The Morgan fingerprint density at radius 1 is 1.45 bits per heavy atom. The van der Waals surface area contributed by atoms with Crippen LogP contribution in [0.5, 0.6) is 0 Å². The van der Waals surface area contributed by atoms with E-state index in [1.807, 2.05) is 19.9 Å². The van der Waals surface area contributed by atoms with E-state index in [4.69, 9.17) is 0 Å². The van der Waals surface area contributed by atoms with Crippen LogP contribution >= 0.6 is 15.9 Å². The van der Waals surface area contributed by atoms with E-state index in [9.17, 15) is 5.11 Å². The Morgan fingerprint density at radius 3 is 2.18 bits per heavy atom. The molecule has 0 aromatic rings. The van der Waals surface area contributed by atoms with Crippen LogP contribution in [-0.4, -0.2) is 5.11 Å². The van der Waals surface area contributed by atoms with Crippen molar-refractivity contribution in [1.82, 2.24) is 0 Å². The van der Waals surface area contributed by atoms with Crippen molar-refractivity contribution in [3.05, 3.63) is 34.0 Å². The summed E-state index contributed by atoms with van der Waals surface area (Å²) in [4.78, 5) is 0. The topological polar surface area (TPSA) is 20.2 Å². The predicted molar refractivity (Wildman–Crippen MR) is 52.8 cm³/mol. The maximum atomic E-state index is 9.41. The first kappa shape index (κ1) is 10.5. The Labute approximate surface area is 76.3 Å². The first-order chi connectivity index (χ1) is 5.00. The SMILES string of the molecule is C=C(C)/C(O)=C(C)\C(Br)=C/C. The molecule has 0 unspecified atom stereocenters. The lowest BCUT2D eigenvalue weighted by atomic mass is 10.1. The standard InChI is InChI=1S/C9H13BrO/c1-5-8(10)7(4)9(11)6(2)3/h5,11H,2H2,1,3-4H3/b8-5+,9-7+. The van der Waals surface area contributed by atoms with Crippen molar-refractivity contribution in [2.45, 2.75) is 20.8 Å². The van der Waals surface area contributed by atoms with Crippen molar-refractivity contribution >= 4 is 15.9 Å². The summed E-state index contributed by atoms with van der Waals surface area (Å²) in [5.74, 6) is 0.259. The molecule has 0 heterocycles. The summed E-state index contributed by atoms with van der Waals surface area (Å²) in [6, 6.07) is 0. The second kappa shape index (κ2) is 4.39. The number of aliphatic hydroxyl groups is 1. The minimum absolute atomic E-state index is 0.259. The number of aliphatic hydroxyl groups excluding tert-OH is 1. The molecule has 1 nitrogen and oxygen atoms in total. The van der Waals surface area contributed by atoms with Crippen LogP contribution in [0.15, 0.2) is 34.0 Å². The summed E-state index contributed by atoms with van der Waals surface area (Å²) in [6.45, 7) is 9.15. The van der Waals surface area contributed by atoms with Crippen molar-refractivity contribution in [3.8, 4) is 0 Å². The molecule has 0 aromatic heterocycles. The molecule has 0 radical (unpaired) electrons. The van der Waals surface area contributed by atoms with Gasteiger partial charge in [0.15, 0.2) is 0 Å².